The number of hydrogen-bond donors (Lipinski definition) is 0. The fourth-order valence-electron chi connectivity index (χ4n) is 2.23. The first-order valence-corrected chi connectivity index (χ1v) is 5.88. The lowest BCUT2D eigenvalue weighted by molar-refractivity contribution is 0.0303. The van der Waals surface area contributed by atoms with Gasteiger partial charge in [-0.3, -0.25) is 4.79 Å². The van der Waals surface area contributed by atoms with Crippen molar-refractivity contribution in [3.05, 3.63) is 23.2 Å². The molecule has 3 nitrogen and oxygen atoms in total. The van der Waals surface area contributed by atoms with Crippen LogP contribution in [-0.2, 0) is 4.74 Å². The molecule has 2 atom stereocenters. The Kier molecular flexibility index (Phi) is 3.15. The van der Waals surface area contributed by atoms with Crippen molar-refractivity contribution in [3.8, 4) is 0 Å². The van der Waals surface area contributed by atoms with Crippen LogP contribution in [0.1, 0.15) is 61.1 Å². The highest BCUT2D eigenvalue weighted by Crippen LogP contribution is 2.35. The Balaban J connectivity index is 2.16. The number of ketones is 1. The van der Waals surface area contributed by atoms with E-state index in [1.165, 1.54) is 0 Å². The molecule has 1 aromatic rings. The molecule has 3 heteroatoms. The van der Waals surface area contributed by atoms with Crippen LogP contribution in [-0.4, -0.2) is 11.9 Å². The van der Waals surface area contributed by atoms with Gasteiger partial charge < -0.3 is 9.15 Å². The molecule has 16 heavy (non-hydrogen) atoms. The molecule has 88 valence electrons. The van der Waals surface area contributed by atoms with Gasteiger partial charge in [0.15, 0.2) is 5.78 Å². The van der Waals surface area contributed by atoms with Gasteiger partial charge in [0.05, 0.1) is 11.7 Å². The molecule has 1 aliphatic rings. The lowest BCUT2D eigenvalue weighted by Gasteiger charge is -2.09. The molecule has 0 bridgehead atoms. The average Bonchev–Trinajstić information content (AvgIpc) is 2.83. The van der Waals surface area contributed by atoms with E-state index in [0.29, 0.717) is 17.4 Å². The summed E-state index contributed by atoms with van der Waals surface area (Å²) >= 11 is 0. The van der Waals surface area contributed by atoms with E-state index < -0.39 is 0 Å². The summed E-state index contributed by atoms with van der Waals surface area (Å²) in [6.45, 7) is 5.51. The van der Waals surface area contributed by atoms with Gasteiger partial charge in [0, 0.05) is 0 Å². The Hall–Kier alpha value is -1.09. The van der Waals surface area contributed by atoms with Gasteiger partial charge in [-0.25, -0.2) is 0 Å². The monoisotopic (exact) mass is 222 g/mol. The Morgan fingerprint density at radius 1 is 1.50 bits per heavy atom. The molecule has 0 N–H and O–H groups in total. The van der Waals surface area contributed by atoms with Crippen LogP contribution in [0, 0.1) is 6.92 Å². The summed E-state index contributed by atoms with van der Waals surface area (Å²) in [6, 6.07) is 1.83. The van der Waals surface area contributed by atoms with Gasteiger partial charge in [-0.15, -0.1) is 0 Å². The number of ether oxygens (including phenoxy) is 1. The fraction of sp³-hybridized carbons (Fsp3) is 0.615. The summed E-state index contributed by atoms with van der Waals surface area (Å²) < 4.78 is 11.4. The first-order chi connectivity index (χ1) is 7.61. The van der Waals surface area contributed by atoms with Crippen molar-refractivity contribution in [1.82, 2.24) is 0 Å². The Morgan fingerprint density at radius 3 is 2.75 bits per heavy atom. The van der Waals surface area contributed by atoms with Crippen molar-refractivity contribution >= 4 is 5.78 Å². The van der Waals surface area contributed by atoms with Gasteiger partial charge in [-0.05, 0) is 39.2 Å². The van der Waals surface area contributed by atoms with E-state index in [0.717, 1.165) is 25.0 Å². The molecular formula is C13H18O3. The number of rotatable bonds is 3. The van der Waals surface area contributed by atoms with Crippen LogP contribution in [0.4, 0.5) is 0 Å². The summed E-state index contributed by atoms with van der Waals surface area (Å²) in [4.78, 5) is 11.3. The zero-order valence-electron chi connectivity index (χ0n) is 10.1. The van der Waals surface area contributed by atoms with Gasteiger partial charge in [0.25, 0.3) is 0 Å². The average molecular weight is 222 g/mol. The minimum atomic E-state index is 0.0387. The standard InChI is InChI=1S/C13H18O3/c1-4-10-5-6-12(16-10)13-7-11(8(2)14)9(3)15-13/h7,10,12H,4-6H2,1-3H3/t10-,12+/m1/s1. The Morgan fingerprint density at radius 2 is 2.25 bits per heavy atom. The zero-order valence-corrected chi connectivity index (χ0v) is 10.1. The molecule has 0 unspecified atom stereocenters. The lowest BCUT2D eigenvalue weighted by atomic mass is 10.1. The number of aryl methyl sites for hydroxylation is 1. The second kappa shape index (κ2) is 4.42. The maximum Gasteiger partial charge on any atom is 0.163 e. The highest BCUT2D eigenvalue weighted by atomic mass is 16.5. The summed E-state index contributed by atoms with van der Waals surface area (Å²) in [5.74, 6) is 1.56. The van der Waals surface area contributed by atoms with Gasteiger partial charge >= 0.3 is 0 Å². The predicted octanol–water partition coefficient (Wildman–Crippen LogP) is 3.42. The quantitative estimate of drug-likeness (QED) is 0.735. The minimum Gasteiger partial charge on any atom is -0.463 e. The molecule has 1 fully saturated rings. The molecule has 2 rings (SSSR count). The Labute approximate surface area is 95.8 Å². The molecule has 1 saturated heterocycles. The summed E-state index contributed by atoms with van der Waals surface area (Å²) in [5.41, 5.74) is 0.679. The van der Waals surface area contributed by atoms with Crippen molar-refractivity contribution in [2.75, 3.05) is 0 Å². The predicted molar refractivity (Wildman–Crippen MR) is 60.6 cm³/mol. The van der Waals surface area contributed by atoms with Gasteiger partial charge in [-0.1, -0.05) is 6.92 Å². The van der Waals surface area contributed by atoms with Crippen molar-refractivity contribution < 1.29 is 13.9 Å². The molecule has 0 saturated carbocycles. The van der Waals surface area contributed by atoms with Crippen LogP contribution < -0.4 is 0 Å². The molecule has 0 spiro atoms. The van der Waals surface area contributed by atoms with E-state index in [9.17, 15) is 4.79 Å². The van der Waals surface area contributed by atoms with Crippen molar-refractivity contribution in [2.24, 2.45) is 0 Å². The third-order valence-corrected chi connectivity index (χ3v) is 3.20. The topological polar surface area (TPSA) is 39.4 Å². The number of furan rings is 1. The van der Waals surface area contributed by atoms with Crippen molar-refractivity contribution in [3.63, 3.8) is 0 Å². The molecule has 0 aliphatic carbocycles. The van der Waals surface area contributed by atoms with Crippen LogP contribution in [0.5, 0.6) is 0 Å². The number of carbonyl (C=O) groups is 1. The van der Waals surface area contributed by atoms with E-state index in [2.05, 4.69) is 6.92 Å². The number of hydrogen-bond acceptors (Lipinski definition) is 3. The molecule has 1 aromatic heterocycles. The van der Waals surface area contributed by atoms with Crippen molar-refractivity contribution in [1.29, 1.82) is 0 Å². The number of Topliss-reactive ketones (excluding diaryl/α,β-unsaturated/α-hetero) is 1. The molecule has 0 radical (unpaired) electrons. The van der Waals surface area contributed by atoms with Crippen molar-refractivity contribution in [2.45, 2.75) is 52.2 Å². The maximum absolute atomic E-state index is 11.3. The zero-order chi connectivity index (χ0) is 11.7. The largest absolute Gasteiger partial charge is 0.463 e. The summed E-state index contributed by atoms with van der Waals surface area (Å²) in [5, 5.41) is 0. The highest BCUT2D eigenvalue weighted by molar-refractivity contribution is 5.95. The van der Waals surface area contributed by atoms with E-state index >= 15 is 0 Å². The first kappa shape index (κ1) is 11.4. The van der Waals surface area contributed by atoms with E-state index in [-0.39, 0.29) is 11.9 Å². The third kappa shape index (κ3) is 2.05. The van der Waals surface area contributed by atoms with Crippen LogP contribution >= 0.6 is 0 Å². The SMILES string of the molecule is CC[C@@H]1CC[C@@H](c2cc(C(C)=O)c(C)o2)O1. The smallest absolute Gasteiger partial charge is 0.163 e. The molecule has 0 amide bonds. The Bertz CT molecular complexity index is 392. The van der Waals surface area contributed by atoms with Crippen LogP contribution in [0.15, 0.2) is 10.5 Å². The molecule has 0 aromatic carbocycles. The van der Waals surface area contributed by atoms with Crippen LogP contribution in [0.3, 0.4) is 0 Å². The normalized spacial score (nSPS) is 24.9. The number of carbonyl (C=O) groups excluding carboxylic acids is 1. The van der Waals surface area contributed by atoms with E-state index in [1.807, 2.05) is 13.0 Å². The first-order valence-electron chi connectivity index (χ1n) is 5.88. The second-order valence-electron chi connectivity index (χ2n) is 4.41. The van der Waals surface area contributed by atoms with E-state index in [4.69, 9.17) is 9.15 Å². The van der Waals surface area contributed by atoms with Gasteiger partial charge in [0.2, 0.25) is 0 Å². The maximum atomic E-state index is 11.3. The molecular weight excluding hydrogens is 204 g/mol. The van der Waals surface area contributed by atoms with E-state index in [1.54, 1.807) is 6.92 Å². The summed E-state index contributed by atoms with van der Waals surface area (Å²) in [6.07, 6.45) is 3.49. The molecule has 1 aliphatic heterocycles. The third-order valence-electron chi connectivity index (χ3n) is 3.20. The van der Waals surface area contributed by atoms with Gasteiger partial charge in [0.1, 0.15) is 17.6 Å². The highest BCUT2D eigenvalue weighted by Gasteiger charge is 2.28. The summed E-state index contributed by atoms with van der Waals surface area (Å²) in [7, 11) is 0. The molecule has 2 heterocycles. The van der Waals surface area contributed by atoms with Gasteiger partial charge in [-0.2, -0.15) is 0 Å². The fourth-order valence-corrected chi connectivity index (χ4v) is 2.23. The second-order valence-corrected chi connectivity index (χ2v) is 4.41. The van der Waals surface area contributed by atoms with Crippen LogP contribution in [0.2, 0.25) is 0 Å². The van der Waals surface area contributed by atoms with Crippen LogP contribution in [0.25, 0.3) is 0 Å². The lowest BCUT2D eigenvalue weighted by Crippen LogP contribution is -2.03. The minimum absolute atomic E-state index is 0.0387.